The SMILES string of the molecule is c1ccc(-c2cc(-c3ccccc3)nc(-c3ccc(-n4c5ccccc5c5cc(-c6ccc7c8ccccc8n(C8CCCCC8)c7c6)ccc54)cc3)c2)cc1. The van der Waals surface area contributed by atoms with Gasteiger partial charge in [0.25, 0.3) is 0 Å². The Morgan fingerprint density at radius 2 is 0.893 bits per heavy atom. The van der Waals surface area contributed by atoms with E-state index in [1.807, 2.05) is 0 Å². The lowest BCUT2D eigenvalue weighted by molar-refractivity contribution is 0.367. The van der Waals surface area contributed by atoms with Crippen molar-refractivity contribution in [3.8, 4) is 50.5 Å². The molecule has 56 heavy (non-hydrogen) atoms. The average molecular weight is 720 g/mol. The lowest BCUT2D eigenvalue weighted by Gasteiger charge is -2.25. The van der Waals surface area contributed by atoms with Crippen LogP contribution in [0.5, 0.6) is 0 Å². The smallest absolute Gasteiger partial charge is 0.0715 e. The van der Waals surface area contributed by atoms with Gasteiger partial charge in [-0.3, -0.25) is 0 Å². The number of pyridine rings is 1. The summed E-state index contributed by atoms with van der Waals surface area (Å²) in [5, 5.41) is 5.24. The van der Waals surface area contributed by atoms with Gasteiger partial charge in [0.1, 0.15) is 0 Å². The van der Waals surface area contributed by atoms with E-state index >= 15 is 0 Å². The number of hydrogen-bond donors (Lipinski definition) is 0. The molecule has 3 nitrogen and oxygen atoms in total. The molecule has 11 rings (SSSR count). The fourth-order valence-electron chi connectivity index (χ4n) is 9.36. The van der Waals surface area contributed by atoms with Crippen molar-refractivity contribution in [3.63, 3.8) is 0 Å². The van der Waals surface area contributed by atoms with E-state index in [0.29, 0.717) is 6.04 Å². The molecule has 0 aliphatic heterocycles. The van der Waals surface area contributed by atoms with Crippen LogP contribution in [0.3, 0.4) is 0 Å². The quantitative estimate of drug-likeness (QED) is 0.168. The van der Waals surface area contributed by atoms with Crippen molar-refractivity contribution in [2.75, 3.05) is 0 Å². The lowest BCUT2D eigenvalue weighted by Crippen LogP contribution is -2.12. The van der Waals surface area contributed by atoms with E-state index in [-0.39, 0.29) is 0 Å². The first-order chi connectivity index (χ1) is 27.8. The first-order valence-corrected chi connectivity index (χ1v) is 20.1. The fourth-order valence-corrected chi connectivity index (χ4v) is 9.36. The highest BCUT2D eigenvalue weighted by molar-refractivity contribution is 6.12. The van der Waals surface area contributed by atoms with Gasteiger partial charge < -0.3 is 9.13 Å². The molecule has 7 aromatic carbocycles. The molecule has 1 fully saturated rings. The Labute approximate surface area is 327 Å². The summed E-state index contributed by atoms with van der Waals surface area (Å²) in [6, 6.07) is 66.9. The van der Waals surface area contributed by atoms with Gasteiger partial charge in [-0.05, 0) is 89.7 Å². The highest BCUT2D eigenvalue weighted by Gasteiger charge is 2.21. The molecule has 0 bridgehead atoms. The summed E-state index contributed by atoms with van der Waals surface area (Å²) in [6.07, 6.45) is 6.50. The van der Waals surface area contributed by atoms with Crippen molar-refractivity contribution in [3.05, 3.63) is 182 Å². The molecule has 0 N–H and O–H groups in total. The van der Waals surface area contributed by atoms with Gasteiger partial charge in [-0.1, -0.05) is 147 Å². The second-order valence-electron chi connectivity index (χ2n) is 15.4. The van der Waals surface area contributed by atoms with Crippen molar-refractivity contribution in [1.82, 2.24) is 14.1 Å². The third-order valence-electron chi connectivity index (χ3n) is 12.1. The predicted octanol–water partition coefficient (Wildman–Crippen LogP) is 14.5. The summed E-state index contributed by atoms with van der Waals surface area (Å²) in [7, 11) is 0. The number of fused-ring (bicyclic) bond motifs is 6. The Kier molecular flexibility index (Phi) is 7.91. The molecule has 0 spiro atoms. The second kappa shape index (κ2) is 13.5. The van der Waals surface area contributed by atoms with Crippen LogP contribution in [0, 0.1) is 0 Å². The van der Waals surface area contributed by atoms with Crippen molar-refractivity contribution >= 4 is 43.6 Å². The third kappa shape index (κ3) is 5.54. The molecule has 3 heterocycles. The van der Waals surface area contributed by atoms with Crippen molar-refractivity contribution in [2.24, 2.45) is 0 Å². The van der Waals surface area contributed by atoms with Crippen LogP contribution in [0.15, 0.2) is 182 Å². The van der Waals surface area contributed by atoms with Gasteiger partial charge in [-0.25, -0.2) is 4.98 Å². The number of rotatable bonds is 6. The minimum absolute atomic E-state index is 0.558. The molecule has 268 valence electrons. The normalized spacial score (nSPS) is 13.6. The van der Waals surface area contributed by atoms with Crippen LogP contribution in [0.1, 0.15) is 38.1 Å². The molecular weight excluding hydrogens is 679 g/mol. The summed E-state index contributed by atoms with van der Waals surface area (Å²) in [5.41, 5.74) is 15.3. The minimum Gasteiger partial charge on any atom is -0.337 e. The number of hydrogen-bond acceptors (Lipinski definition) is 1. The molecule has 0 amide bonds. The first-order valence-electron chi connectivity index (χ1n) is 20.1. The molecule has 3 aromatic heterocycles. The number of para-hydroxylation sites is 2. The van der Waals surface area contributed by atoms with Crippen LogP contribution in [-0.2, 0) is 0 Å². The molecule has 1 saturated carbocycles. The Balaban J connectivity index is 1.00. The van der Waals surface area contributed by atoms with Gasteiger partial charge in [-0.15, -0.1) is 0 Å². The van der Waals surface area contributed by atoms with E-state index in [4.69, 9.17) is 4.98 Å². The van der Waals surface area contributed by atoms with Gasteiger partial charge >= 0.3 is 0 Å². The zero-order valence-electron chi connectivity index (χ0n) is 31.3. The fraction of sp³-hybridized carbons (Fsp3) is 0.113. The summed E-state index contributed by atoms with van der Waals surface area (Å²) >= 11 is 0. The highest BCUT2D eigenvalue weighted by atomic mass is 15.0. The van der Waals surface area contributed by atoms with E-state index < -0.39 is 0 Å². The number of aromatic nitrogens is 3. The van der Waals surface area contributed by atoms with Crippen LogP contribution < -0.4 is 0 Å². The molecule has 10 aromatic rings. The molecule has 1 aliphatic rings. The van der Waals surface area contributed by atoms with E-state index in [9.17, 15) is 0 Å². The summed E-state index contributed by atoms with van der Waals surface area (Å²) < 4.78 is 5.07. The maximum atomic E-state index is 5.18. The maximum absolute atomic E-state index is 5.18. The first kappa shape index (κ1) is 32.7. The van der Waals surface area contributed by atoms with E-state index in [2.05, 4.69) is 191 Å². The maximum Gasteiger partial charge on any atom is 0.0715 e. The third-order valence-corrected chi connectivity index (χ3v) is 12.1. The van der Waals surface area contributed by atoms with Crippen molar-refractivity contribution in [1.29, 1.82) is 0 Å². The molecule has 0 atom stereocenters. The predicted molar refractivity (Wildman–Crippen MR) is 235 cm³/mol. The van der Waals surface area contributed by atoms with Crippen LogP contribution >= 0.6 is 0 Å². The van der Waals surface area contributed by atoms with Gasteiger partial charge in [0.05, 0.1) is 22.4 Å². The summed E-state index contributed by atoms with van der Waals surface area (Å²) in [6.45, 7) is 0. The standard InChI is InChI=1S/C53H41N3/c1-4-14-36(15-5-1)41-33-48(37-16-6-2-7-17-37)54-49(34-41)38-24-28-43(29-25-38)55-51-23-13-11-21-45(51)47-32-39(27-31-52(47)55)40-26-30-46-44-20-10-12-22-50(44)56(53(46)35-40)42-18-8-3-9-19-42/h1-2,4-7,10-17,20-35,42H,3,8-9,18-19H2. The number of nitrogens with zero attached hydrogens (tertiary/aromatic N) is 3. The van der Waals surface area contributed by atoms with Crippen molar-refractivity contribution in [2.45, 2.75) is 38.1 Å². The Morgan fingerprint density at radius 3 is 1.62 bits per heavy atom. The van der Waals surface area contributed by atoms with Gasteiger partial charge in [0.15, 0.2) is 0 Å². The van der Waals surface area contributed by atoms with Gasteiger partial charge in [-0.2, -0.15) is 0 Å². The number of benzene rings is 7. The van der Waals surface area contributed by atoms with E-state index in [1.54, 1.807) is 0 Å². The molecule has 1 aliphatic carbocycles. The van der Waals surface area contributed by atoms with Gasteiger partial charge in [0.2, 0.25) is 0 Å². The molecule has 0 unspecified atom stereocenters. The lowest BCUT2D eigenvalue weighted by atomic mass is 9.95. The summed E-state index contributed by atoms with van der Waals surface area (Å²) in [4.78, 5) is 5.18. The zero-order chi connectivity index (χ0) is 37.0. The topological polar surface area (TPSA) is 22.8 Å². The average Bonchev–Trinajstić information content (AvgIpc) is 3.79. The Hall–Kier alpha value is -6.71. The largest absolute Gasteiger partial charge is 0.337 e. The Morgan fingerprint density at radius 1 is 0.357 bits per heavy atom. The second-order valence-corrected chi connectivity index (χ2v) is 15.4. The van der Waals surface area contributed by atoms with Crippen molar-refractivity contribution < 1.29 is 0 Å². The zero-order valence-corrected chi connectivity index (χ0v) is 31.3. The van der Waals surface area contributed by atoms with Crippen LogP contribution in [0.25, 0.3) is 94.1 Å². The highest BCUT2D eigenvalue weighted by Crippen LogP contribution is 2.41. The van der Waals surface area contributed by atoms with Crippen LogP contribution in [0.4, 0.5) is 0 Å². The molecular formula is C53H41N3. The monoisotopic (exact) mass is 719 g/mol. The van der Waals surface area contributed by atoms with Crippen LogP contribution in [0.2, 0.25) is 0 Å². The van der Waals surface area contributed by atoms with E-state index in [1.165, 1.54) is 92.4 Å². The minimum atomic E-state index is 0.558. The summed E-state index contributed by atoms with van der Waals surface area (Å²) in [5.74, 6) is 0. The van der Waals surface area contributed by atoms with Gasteiger partial charge in [0, 0.05) is 55.4 Å². The molecule has 3 heteroatoms. The molecule has 0 radical (unpaired) electrons. The molecule has 0 saturated heterocycles. The van der Waals surface area contributed by atoms with Crippen LogP contribution in [-0.4, -0.2) is 14.1 Å². The Bertz CT molecular complexity index is 2980. The van der Waals surface area contributed by atoms with E-state index in [0.717, 1.165) is 33.8 Å².